The molecule has 0 saturated heterocycles. The van der Waals surface area contributed by atoms with Crippen molar-refractivity contribution in [1.29, 1.82) is 5.26 Å². The second-order valence-corrected chi connectivity index (χ2v) is 19.3. The van der Waals surface area contributed by atoms with E-state index in [1.165, 1.54) is 133 Å². The van der Waals surface area contributed by atoms with Crippen molar-refractivity contribution in [3.05, 3.63) is 88.3 Å². The maximum atomic E-state index is 11.7. The predicted molar refractivity (Wildman–Crippen MR) is 239 cm³/mol. The van der Waals surface area contributed by atoms with Gasteiger partial charge in [0.1, 0.15) is 0 Å². The number of rotatable bonds is 22. The first-order valence-corrected chi connectivity index (χ1v) is 24.0. The van der Waals surface area contributed by atoms with Crippen LogP contribution < -0.4 is 0 Å². The Hall–Kier alpha value is -3.66. The summed E-state index contributed by atoms with van der Waals surface area (Å²) in [5.41, 5.74) is 6.43. The van der Waals surface area contributed by atoms with Crippen LogP contribution in [0.3, 0.4) is 0 Å². The van der Waals surface area contributed by atoms with Crippen molar-refractivity contribution in [3.8, 4) is 35.1 Å². The van der Waals surface area contributed by atoms with Crippen LogP contribution >= 0.6 is 22.7 Å². The number of fused-ring (bicyclic) bond motifs is 3. The van der Waals surface area contributed by atoms with Gasteiger partial charge in [0.05, 0.1) is 0 Å². The number of benzene rings is 2. The molecule has 4 heterocycles. The van der Waals surface area contributed by atoms with E-state index in [2.05, 4.69) is 92.1 Å². The Morgan fingerprint density at radius 1 is 0.709 bits per heavy atom. The Morgan fingerprint density at radius 2 is 1.31 bits per heavy atom. The number of carbonyl (C=O) groups is 1. The molecule has 4 nitrogen and oxygen atoms in total. The molecule has 0 unspecified atom stereocenters. The van der Waals surface area contributed by atoms with Gasteiger partial charge in [-0.2, -0.15) is 0 Å². The number of carboxylic acid groups (broad SMARTS) is 1. The third-order valence-corrected chi connectivity index (χ3v) is 16.2. The molecule has 0 fully saturated rings. The van der Waals surface area contributed by atoms with E-state index in [1.807, 2.05) is 17.4 Å². The summed E-state index contributed by atoms with van der Waals surface area (Å²) >= 11 is 3.72. The molecule has 0 aliphatic heterocycles. The van der Waals surface area contributed by atoms with Crippen LogP contribution in [0.2, 0.25) is 0 Å². The molecule has 0 saturated carbocycles. The number of aliphatic carboxylic acids is 1. The van der Waals surface area contributed by atoms with Crippen LogP contribution in [0.4, 0.5) is 0 Å². The number of hydrogen-bond acceptors (Lipinski definition) is 4. The number of nitrogens with zero attached hydrogens (tertiary/aromatic N) is 2. The van der Waals surface area contributed by atoms with Gasteiger partial charge in [-0.15, -0.1) is 0 Å². The number of para-hydroxylation sites is 1. The topological polar surface area (TPSA) is 66.0 Å². The summed E-state index contributed by atoms with van der Waals surface area (Å²) in [7, 11) is 0. The van der Waals surface area contributed by atoms with Crippen molar-refractivity contribution in [3.63, 3.8) is 0 Å². The molecule has 55 heavy (non-hydrogen) atoms. The number of aryl methyl sites for hydroxylation is 3. The predicted octanol–water partition coefficient (Wildman–Crippen LogP) is 14.6. The Bertz CT molecular complexity index is 2260. The molecule has 6 rings (SSSR count). The molecule has 0 radical (unpaired) electrons. The number of thiophene rings is 2. The Kier molecular flexibility index (Phi) is 15.3. The van der Waals surface area contributed by atoms with Crippen molar-refractivity contribution in [2.24, 2.45) is 0 Å². The van der Waals surface area contributed by atoms with E-state index in [0.717, 1.165) is 42.7 Å². The van der Waals surface area contributed by atoms with Crippen LogP contribution in [0.5, 0.6) is 0 Å². The number of hydrogen-bond donors (Lipinski definition) is 1. The van der Waals surface area contributed by atoms with Gasteiger partial charge in [0.15, 0.2) is 0 Å². The van der Waals surface area contributed by atoms with Crippen LogP contribution in [0.15, 0.2) is 72.3 Å². The number of nitriles is 1. The third kappa shape index (κ3) is 10.2. The number of carboxylic acids is 1. The molecule has 7 heteroatoms. The molecule has 0 spiro atoms. The second-order valence-electron chi connectivity index (χ2n) is 14.9. The average Bonchev–Trinajstić information content (AvgIpc) is 4.00. The zero-order chi connectivity index (χ0) is 38.6. The average molecular weight is 836 g/mol. The van der Waals surface area contributed by atoms with Gasteiger partial charge < -0.3 is 0 Å². The monoisotopic (exact) mass is 836 g/mol. The van der Waals surface area contributed by atoms with Gasteiger partial charge in [-0.3, -0.25) is 0 Å². The summed E-state index contributed by atoms with van der Waals surface area (Å²) in [4.78, 5) is 16.6. The molecule has 6 aromatic rings. The molecule has 2 aromatic carbocycles. The van der Waals surface area contributed by atoms with Crippen molar-refractivity contribution in [1.82, 2.24) is 4.57 Å². The third-order valence-electron chi connectivity index (χ3n) is 10.7. The molecule has 0 bridgehead atoms. The number of aromatic nitrogens is 1. The Morgan fingerprint density at radius 3 is 2.00 bits per heavy atom. The first-order chi connectivity index (χ1) is 26.9. The summed E-state index contributed by atoms with van der Waals surface area (Å²) in [6.07, 6.45) is 21.0. The van der Waals surface area contributed by atoms with Gasteiger partial charge in [0.25, 0.3) is 0 Å². The zero-order valence-electron chi connectivity index (χ0n) is 32.9. The van der Waals surface area contributed by atoms with E-state index in [4.69, 9.17) is 0 Å². The molecular formula is C48H56N2O2S2Se. The van der Waals surface area contributed by atoms with Gasteiger partial charge in [-0.05, 0) is 0 Å². The summed E-state index contributed by atoms with van der Waals surface area (Å²) in [5.74, 6) is -1.17. The Balaban J connectivity index is 1.32. The first kappa shape index (κ1) is 41.0. The Labute approximate surface area is 342 Å². The summed E-state index contributed by atoms with van der Waals surface area (Å²) in [5, 5.41) is 21.8. The molecule has 1 N–H and O–H groups in total. The van der Waals surface area contributed by atoms with Crippen LogP contribution in [0.25, 0.3) is 57.0 Å². The van der Waals surface area contributed by atoms with E-state index in [9.17, 15) is 15.2 Å². The van der Waals surface area contributed by atoms with Crippen molar-refractivity contribution < 1.29 is 9.90 Å². The summed E-state index contributed by atoms with van der Waals surface area (Å²) < 4.78 is 5.29. The van der Waals surface area contributed by atoms with Gasteiger partial charge in [0.2, 0.25) is 0 Å². The van der Waals surface area contributed by atoms with Crippen LogP contribution in [0.1, 0.15) is 127 Å². The van der Waals surface area contributed by atoms with Gasteiger partial charge in [-0.1, -0.05) is 32.6 Å². The van der Waals surface area contributed by atoms with E-state index in [0.29, 0.717) is 0 Å². The van der Waals surface area contributed by atoms with Gasteiger partial charge in [0, 0.05) is 0 Å². The molecule has 4 aromatic heterocycles. The molecule has 0 atom stereocenters. The standard InChI is InChI=1S/C48H56N2O2S2Se/c1-4-7-10-13-14-19-28-50-40-23-18-17-22-38(40)39-29-36(24-25-41(39)50)47-35(21-16-12-9-6-3)31-44(54-47)46-27-26-45(55-46)43-30-34(20-15-11-8-5-2)42(53-43)32-37(33-49)48(51)52/h17-18,22-27,29-32H,4-16,19-21,28H2,1-3H3,(H,51,52)/b37-32+. The summed E-state index contributed by atoms with van der Waals surface area (Å²) in [6, 6.07) is 27.4. The van der Waals surface area contributed by atoms with Crippen LogP contribution in [0, 0.1) is 11.3 Å². The molecule has 0 aliphatic carbocycles. The van der Waals surface area contributed by atoms with E-state index in [1.54, 1.807) is 17.4 Å². The van der Waals surface area contributed by atoms with Crippen molar-refractivity contribution >= 4 is 71.0 Å². The van der Waals surface area contributed by atoms with Crippen LogP contribution in [-0.2, 0) is 24.2 Å². The minimum atomic E-state index is -1.17. The molecular weight excluding hydrogens is 780 g/mol. The van der Waals surface area contributed by atoms with E-state index < -0.39 is 5.97 Å². The SMILES string of the molecule is CCCCCCCCn1c2ccccc2c2cc(-c3sc(-c4ccc(-c5cc(CCCCCC)c(/C=C(\C#N)C(=O)O)s5)[se]4)cc3CCCCCC)ccc21. The maximum absolute atomic E-state index is 11.7. The first-order valence-electron chi connectivity index (χ1n) is 20.7. The van der Waals surface area contributed by atoms with E-state index >= 15 is 0 Å². The summed E-state index contributed by atoms with van der Waals surface area (Å²) in [6.45, 7) is 7.84. The zero-order valence-corrected chi connectivity index (χ0v) is 36.3. The van der Waals surface area contributed by atoms with Crippen molar-refractivity contribution in [2.45, 2.75) is 130 Å². The number of unbranched alkanes of at least 4 members (excludes halogenated alkanes) is 11. The van der Waals surface area contributed by atoms with Gasteiger partial charge >= 0.3 is 312 Å². The van der Waals surface area contributed by atoms with Crippen molar-refractivity contribution in [2.75, 3.05) is 0 Å². The molecule has 288 valence electrons. The van der Waals surface area contributed by atoms with Gasteiger partial charge in [-0.25, -0.2) is 0 Å². The molecule has 0 amide bonds. The minimum absolute atomic E-state index is 0.131. The van der Waals surface area contributed by atoms with Crippen LogP contribution in [-0.4, -0.2) is 30.1 Å². The normalized spacial score (nSPS) is 11.9. The fraction of sp³-hybridized carbons (Fsp3) is 0.417. The fourth-order valence-electron chi connectivity index (χ4n) is 7.71. The molecule has 0 aliphatic rings. The fourth-order valence-corrected chi connectivity index (χ4v) is 12.6. The van der Waals surface area contributed by atoms with E-state index in [-0.39, 0.29) is 20.1 Å². The second kappa shape index (κ2) is 20.5. The quantitative estimate of drug-likeness (QED) is 0.0321.